The van der Waals surface area contributed by atoms with Gasteiger partial charge in [0, 0.05) is 5.69 Å². The largest absolute Gasteiger partial charge is 0.398 e. The van der Waals surface area contributed by atoms with Gasteiger partial charge in [0.1, 0.15) is 0 Å². The molecular weight excluding hydrogens is 246 g/mol. The van der Waals surface area contributed by atoms with Gasteiger partial charge in [-0.1, -0.05) is 56.3 Å². The molecule has 0 saturated carbocycles. The van der Waals surface area contributed by atoms with Crippen LogP contribution in [0.2, 0.25) is 0 Å². The van der Waals surface area contributed by atoms with Crippen molar-refractivity contribution in [3.05, 3.63) is 65.2 Å². The highest BCUT2D eigenvalue weighted by molar-refractivity contribution is 5.51. The summed E-state index contributed by atoms with van der Waals surface area (Å²) in [5.74, 6) is 6.39. The molecule has 0 aliphatic rings. The van der Waals surface area contributed by atoms with Crippen molar-refractivity contribution < 1.29 is 0 Å². The van der Waals surface area contributed by atoms with Gasteiger partial charge in [-0.05, 0) is 35.1 Å². The van der Waals surface area contributed by atoms with Crippen molar-refractivity contribution in [2.75, 3.05) is 5.73 Å². The monoisotopic (exact) mass is 269 g/mol. The van der Waals surface area contributed by atoms with Crippen LogP contribution in [0.25, 0.3) is 0 Å². The summed E-state index contributed by atoms with van der Waals surface area (Å²) in [6, 6.07) is 16.3. The Morgan fingerprint density at radius 2 is 1.80 bits per heavy atom. The number of nitrogens with two attached hydrogens (primary N) is 2. The van der Waals surface area contributed by atoms with Gasteiger partial charge < -0.3 is 5.73 Å². The van der Waals surface area contributed by atoms with Crippen molar-refractivity contribution in [2.24, 2.45) is 11.8 Å². The fourth-order valence-electron chi connectivity index (χ4n) is 2.51. The molecular formula is C17H23N3. The van der Waals surface area contributed by atoms with Crippen molar-refractivity contribution in [3.8, 4) is 0 Å². The molecule has 106 valence electrons. The molecule has 5 N–H and O–H groups in total. The third-order valence-corrected chi connectivity index (χ3v) is 3.40. The molecule has 0 aromatic heterocycles. The van der Waals surface area contributed by atoms with Crippen LogP contribution in [0.5, 0.6) is 0 Å². The first-order chi connectivity index (χ1) is 9.61. The third kappa shape index (κ3) is 3.38. The lowest BCUT2D eigenvalue weighted by Crippen LogP contribution is -2.29. The van der Waals surface area contributed by atoms with E-state index in [1.165, 1.54) is 5.56 Å². The molecule has 2 aromatic rings. The van der Waals surface area contributed by atoms with Crippen LogP contribution in [0.4, 0.5) is 5.69 Å². The van der Waals surface area contributed by atoms with Crippen molar-refractivity contribution in [2.45, 2.75) is 26.3 Å². The number of hydrogen-bond donors (Lipinski definition) is 3. The summed E-state index contributed by atoms with van der Waals surface area (Å²) >= 11 is 0. The minimum atomic E-state index is -0.0803. The Kier molecular flexibility index (Phi) is 4.77. The van der Waals surface area contributed by atoms with Gasteiger partial charge in [-0.2, -0.15) is 0 Å². The lowest BCUT2D eigenvalue weighted by atomic mass is 9.94. The molecule has 0 aliphatic carbocycles. The number of anilines is 1. The first-order valence-electron chi connectivity index (χ1n) is 7.01. The van der Waals surface area contributed by atoms with Gasteiger partial charge in [0.2, 0.25) is 0 Å². The van der Waals surface area contributed by atoms with Crippen molar-refractivity contribution >= 4 is 5.69 Å². The van der Waals surface area contributed by atoms with Crippen LogP contribution in [0.3, 0.4) is 0 Å². The van der Waals surface area contributed by atoms with E-state index in [4.69, 9.17) is 11.6 Å². The van der Waals surface area contributed by atoms with Gasteiger partial charge in [0.25, 0.3) is 0 Å². The quantitative estimate of drug-likeness (QED) is 0.444. The second kappa shape index (κ2) is 6.55. The maximum atomic E-state index is 6.06. The topological polar surface area (TPSA) is 64.1 Å². The number of hydrogen-bond acceptors (Lipinski definition) is 3. The van der Waals surface area contributed by atoms with E-state index in [1.54, 1.807) is 0 Å². The number of benzene rings is 2. The zero-order chi connectivity index (χ0) is 14.5. The van der Waals surface area contributed by atoms with Crippen LogP contribution in [0, 0.1) is 5.92 Å². The standard InChI is InChI=1S/C17H23N3/c1-12(2)10-13-6-5-7-14(11-13)17(20-19)15-8-3-4-9-16(15)18/h3-9,11-12,17,20H,10,18-19H2,1-2H3. The molecule has 0 radical (unpaired) electrons. The molecule has 0 fully saturated rings. The molecule has 0 spiro atoms. The van der Waals surface area contributed by atoms with Crippen LogP contribution in [0.1, 0.15) is 36.6 Å². The van der Waals surface area contributed by atoms with E-state index in [0.717, 1.165) is 23.2 Å². The summed E-state index contributed by atoms with van der Waals surface area (Å²) < 4.78 is 0. The average molecular weight is 269 g/mol. The van der Waals surface area contributed by atoms with Gasteiger partial charge in [0.15, 0.2) is 0 Å². The first kappa shape index (κ1) is 14.6. The van der Waals surface area contributed by atoms with Crippen molar-refractivity contribution in [1.29, 1.82) is 0 Å². The maximum absolute atomic E-state index is 6.06. The van der Waals surface area contributed by atoms with E-state index >= 15 is 0 Å². The first-order valence-corrected chi connectivity index (χ1v) is 7.01. The Morgan fingerprint density at radius 1 is 1.05 bits per heavy atom. The van der Waals surface area contributed by atoms with Gasteiger partial charge >= 0.3 is 0 Å². The lowest BCUT2D eigenvalue weighted by Gasteiger charge is -2.19. The van der Waals surface area contributed by atoms with Crippen LogP contribution in [0.15, 0.2) is 48.5 Å². The number of nitrogen functional groups attached to an aromatic ring is 1. The molecule has 0 saturated heterocycles. The Labute approximate surface area is 121 Å². The zero-order valence-electron chi connectivity index (χ0n) is 12.1. The Bertz CT molecular complexity index is 564. The van der Waals surface area contributed by atoms with Crippen molar-refractivity contribution in [3.63, 3.8) is 0 Å². The number of nitrogens with one attached hydrogen (secondary N) is 1. The maximum Gasteiger partial charge on any atom is 0.0730 e. The predicted molar refractivity (Wildman–Crippen MR) is 85.0 cm³/mol. The Morgan fingerprint density at radius 3 is 2.45 bits per heavy atom. The van der Waals surface area contributed by atoms with E-state index in [9.17, 15) is 0 Å². The fourth-order valence-corrected chi connectivity index (χ4v) is 2.51. The second-order valence-electron chi connectivity index (χ2n) is 5.57. The van der Waals surface area contributed by atoms with Crippen LogP contribution < -0.4 is 17.0 Å². The molecule has 3 heteroatoms. The molecule has 1 unspecified atom stereocenters. The summed E-state index contributed by atoms with van der Waals surface area (Å²) in [5.41, 5.74) is 13.2. The van der Waals surface area contributed by atoms with E-state index in [-0.39, 0.29) is 6.04 Å². The minimum Gasteiger partial charge on any atom is -0.398 e. The molecule has 2 aromatic carbocycles. The predicted octanol–water partition coefficient (Wildman–Crippen LogP) is 3.02. The van der Waals surface area contributed by atoms with Gasteiger partial charge in [-0.25, -0.2) is 5.43 Å². The smallest absolute Gasteiger partial charge is 0.0730 e. The molecule has 2 rings (SSSR count). The van der Waals surface area contributed by atoms with E-state index in [1.807, 2.05) is 24.3 Å². The van der Waals surface area contributed by atoms with E-state index < -0.39 is 0 Å². The van der Waals surface area contributed by atoms with E-state index in [2.05, 4.69) is 43.5 Å². The summed E-state index contributed by atoms with van der Waals surface area (Å²) in [7, 11) is 0. The highest BCUT2D eigenvalue weighted by Crippen LogP contribution is 2.26. The summed E-state index contributed by atoms with van der Waals surface area (Å²) in [4.78, 5) is 0. The molecule has 3 nitrogen and oxygen atoms in total. The third-order valence-electron chi connectivity index (χ3n) is 3.40. The fraction of sp³-hybridized carbons (Fsp3) is 0.294. The highest BCUT2D eigenvalue weighted by atomic mass is 15.2. The number of rotatable bonds is 5. The van der Waals surface area contributed by atoms with Gasteiger partial charge in [-0.15, -0.1) is 0 Å². The van der Waals surface area contributed by atoms with Crippen LogP contribution >= 0.6 is 0 Å². The average Bonchev–Trinajstić information content (AvgIpc) is 2.41. The van der Waals surface area contributed by atoms with Gasteiger partial charge in [0.05, 0.1) is 6.04 Å². The normalized spacial score (nSPS) is 12.6. The summed E-state index contributed by atoms with van der Waals surface area (Å²) in [6.45, 7) is 4.45. The van der Waals surface area contributed by atoms with Crippen molar-refractivity contribution in [1.82, 2.24) is 5.43 Å². The lowest BCUT2D eigenvalue weighted by molar-refractivity contribution is 0.629. The van der Waals surface area contributed by atoms with E-state index in [0.29, 0.717) is 5.92 Å². The summed E-state index contributed by atoms with van der Waals surface area (Å²) in [6.07, 6.45) is 1.06. The number of hydrazine groups is 1. The SMILES string of the molecule is CC(C)Cc1cccc(C(NN)c2ccccc2N)c1. The summed E-state index contributed by atoms with van der Waals surface area (Å²) in [5, 5.41) is 0. The Balaban J connectivity index is 2.35. The molecule has 0 amide bonds. The number of para-hydroxylation sites is 1. The Hall–Kier alpha value is -1.84. The minimum absolute atomic E-state index is 0.0803. The second-order valence-corrected chi connectivity index (χ2v) is 5.57. The van der Waals surface area contributed by atoms with Crippen LogP contribution in [-0.4, -0.2) is 0 Å². The molecule has 0 bridgehead atoms. The highest BCUT2D eigenvalue weighted by Gasteiger charge is 2.15. The van der Waals surface area contributed by atoms with Crippen LogP contribution in [-0.2, 0) is 6.42 Å². The molecule has 0 heterocycles. The zero-order valence-corrected chi connectivity index (χ0v) is 12.1. The molecule has 1 atom stereocenters. The molecule has 0 aliphatic heterocycles. The molecule has 20 heavy (non-hydrogen) atoms. The van der Waals surface area contributed by atoms with Gasteiger partial charge in [-0.3, -0.25) is 5.84 Å².